The van der Waals surface area contributed by atoms with Crippen molar-refractivity contribution in [2.24, 2.45) is 11.8 Å². The molecule has 0 spiro atoms. The van der Waals surface area contributed by atoms with E-state index < -0.39 is 0 Å². The number of unbranched alkanes of at least 4 members (excludes halogenated alkanes) is 16. The molecule has 0 saturated heterocycles. The van der Waals surface area contributed by atoms with Crippen LogP contribution in [-0.2, 0) is 0 Å². The molecule has 2 unspecified atom stereocenters. The van der Waals surface area contributed by atoms with E-state index in [0.29, 0.717) is 0 Å². The van der Waals surface area contributed by atoms with E-state index in [1.807, 2.05) is 0 Å². The third-order valence-electron chi connectivity index (χ3n) is 7.07. The number of hydrogen-bond donors (Lipinski definition) is 0. The first-order valence-corrected chi connectivity index (χ1v) is 13.8. The fraction of sp³-hybridized carbons (Fsp3) is 1.00. The van der Waals surface area contributed by atoms with Crippen molar-refractivity contribution in [3.63, 3.8) is 0 Å². The van der Waals surface area contributed by atoms with Gasteiger partial charge in [0, 0.05) is 0 Å². The largest absolute Gasteiger partial charge is 0.0654 e. The lowest BCUT2D eigenvalue weighted by molar-refractivity contribution is 0.263. The molecule has 2 atom stereocenters. The molecule has 0 bridgehead atoms. The summed E-state index contributed by atoms with van der Waals surface area (Å²) in [6.45, 7) is 9.50. The van der Waals surface area contributed by atoms with Crippen LogP contribution in [-0.4, -0.2) is 0 Å². The van der Waals surface area contributed by atoms with Gasteiger partial charge in [-0.3, -0.25) is 0 Å². The molecule has 0 heteroatoms. The third kappa shape index (κ3) is 18.1. The van der Waals surface area contributed by atoms with Gasteiger partial charge in [0.25, 0.3) is 0 Å². The Labute approximate surface area is 181 Å². The van der Waals surface area contributed by atoms with Crippen molar-refractivity contribution in [1.29, 1.82) is 0 Å². The molecule has 0 rings (SSSR count). The smallest absolute Gasteiger partial charge is 0.0389 e. The van der Waals surface area contributed by atoms with Crippen LogP contribution in [0.1, 0.15) is 169 Å². The Bertz CT molecular complexity index is 241. The summed E-state index contributed by atoms with van der Waals surface area (Å²) < 4.78 is 0. The molecule has 28 heavy (non-hydrogen) atoms. The molecular weight excluding hydrogens is 336 g/mol. The van der Waals surface area contributed by atoms with Gasteiger partial charge in [-0.25, -0.2) is 0 Å². The second-order valence-corrected chi connectivity index (χ2v) is 9.57. The van der Waals surface area contributed by atoms with Crippen molar-refractivity contribution in [2.75, 3.05) is 0 Å². The molecule has 0 aromatic rings. The number of hydrogen-bond acceptors (Lipinski definition) is 0. The molecule has 0 aliphatic heterocycles. The van der Waals surface area contributed by atoms with Crippen LogP contribution in [0.15, 0.2) is 0 Å². The van der Waals surface area contributed by atoms with Gasteiger partial charge < -0.3 is 0 Å². The lowest BCUT2D eigenvalue weighted by atomic mass is 9.81. The maximum Gasteiger partial charge on any atom is -0.0389 e. The standard InChI is InChI=1S/C28H58/c1-5-9-11-13-15-17-19-21-23-25-27(7-3)28(8-4)26-24-22-20-18-16-14-12-10-6-2/h27-28H,5-26H2,1-4H3. The van der Waals surface area contributed by atoms with E-state index in [1.165, 1.54) is 141 Å². The van der Waals surface area contributed by atoms with Gasteiger partial charge >= 0.3 is 0 Å². The fourth-order valence-electron chi connectivity index (χ4n) is 4.98. The summed E-state index contributed by atoms with van der Waals surface area (Å²) in [4.78, 5) is 0. The minimum atomic E-state index is 1.00. The molecule has 0 aliphatic rings. The Morgan fingerprint density at radius 3 is 0.821 bits per heavy atom. The average molecular weight is 395 g/mol. The van der Waals surface area contributed by atoms with Crippen LogP contribution < -0.4 is 0 Å². The Balaban J connectivity index is 3.64. The predicted molar refractivity (Wildman–Crippen MR) is 131 cm³/mol. The monoisotopic (exact) mass is 394 g/mol. The molecule has 0 nitrogen and oxygen atoms in total. The van der Waals surface area contributed by atoms with Gasteiger partial charge in [0.05, 0.1) is 0 Å². The molecule has 0 heterocycles. The predicted octanol–water partition coefficient (Wildman–Crippen LogP) is 10.9. The van der Waals surface area contributed by atoms with E-state index in [4.69, 9.17) is 0 Å². The summed E-state index contributed by atoms with van der Waals surface area (Å²) in [5, 5.41) is 0. The maximum absolute atomic E-state index is 2.44. The van der Waals surface area contributed by atoms with Crippen molar-refractivity contribution in [3.8, 4) is 0 Å². The molecule has 0 amide bonds. The van der Waals surface area contributed by atoms with Crippen LogP contribution in [0.4, 0.5) is 0 Å². The lowest BCUT2D eigenvalue weighted by Gasteiger charge is -2.25. The minimum Gasteiger partial charge on any atom is -0.0654 e. The summed E-state index contributed by atoms with van der Waals surface area (Å²) in [7, 11) is 0. The first-order valence-electron chi connectivity index (χ1n) is 13.8. The van der Waals surface area contributed by atoms with Gasteiger partial charge in [0.15, 0.2) is 0 Å². The molecule has 0 N–H and O–H groups in total. The Hall–Kier alpha value is 0. The van der Waals surface area contributed by atoms with Crippen molar-refractivity contribution >= 4 is 0 Å². The van der Waals surface area contributed by atoms with Crippen LogP contribution >= 0.6 is 0 Å². The fourth-order valence-corrected chi connectivity index (χ4v) is 4.98. The van der Waals surface area contributed by atoms with Crippen LogP contribution in [0.25, 0.3) is 0 Å². The zero-order valence-electron chi connectivity index (χ0n) is 20.7. The maximum atomic E-state index is 2.44. The first-order chi connectivity index (χ1) is 13.8. The van der Waals surface area contributed by atoms with E-state index in [9.17, 15) is 0 Å². The second-order valence-electron chi connectivity index (χ2n) is 9.57. The molecule has 0 fully saturated rings. The second kappa shape index (κ2) is 23.3. The van der Waals surface area contributed by atoms with Gasteiger partial charge in [0.1, 0.15) is 0 Å². The van der Waals surface area contributed by atoms with E-state index in [1.54, 1.807) is 0 Å². The first kappa shape index (κ1) is 28.0. The van der Waals surface area contributed by atoms with Crippen molar-refractivity contribution < 1.29 is 0 Å². The lowest BCUT2D eigenvalue weighted by Crippen LogP contribution is -2.13. The Morgan fingerprint density at radius 2 is 0.571 bits per heavy atom. The van der Waals surface area contributed by atoms with Gasteiger partial charge in [-0.2, -0.15) is 0 Å². The molecule has 0 radical (unpaired) electrons. The molecule has 0 aromatic heterocycles. The molecule has 170 valence electrons. The van der Waals surface area contributed by atoms with Crippen LogP contribution in [0.5, 0.6) is 0 Å². The Kier molecular flexibility index (Phi) is 23.3. The molecule has 0 aliphatic carbocycles. The zero-order valence-corrected chi connectivity index (χ0v) is 20.7. The van der Waals surface area contributed by atoms with E-state index >= 15 is 0 Å². The highest BCUT2D eigenvalue weighted by molar-refractivity contribution is 4.69. The van der Waals surface area contributed by atoms with Gasteiger partial charge in [-0.05, 0) is 11.8 Å². The summed E-state index contributed by atoms with van der Waals surface area (Å²) in [6, 6.07) is 0. The van der Waals surface area contributed by atoms with E-state index in [0.717, 1.165) is 11.8 Å². The van der Waals surface area contributed by atoms with Gasteiger partial charge in [0.2, 0.25) is 0 Å². The summed E-state index contributed by atoms with van der Waals surface area (Å²) >= 11 is 0. The topological polar surface area (TPSA) is 0 Å². The van der Waals surface area contributed by atoms with Crippen LogP contribution in [0, 0.1) is 11.8 Å². The highest BCUT2D eigenvalue weighted by Gasteiger charge is 2.17. The Morgan fingerprint density at radius 1 is 0.321 bits per heavy atom. The molecule has 0 saturated carbocycles. The van der Waals surface area contributed by atoms with Crippen LogP contribution in [0.2, 0.25) is 0 Å². The average Bonchev–Trinajstić information content (AvgIpc) is 2.72. The van der Waals surface area contributed by atoms with Crippen molar-refractivity contribution in [2.45, 2.75) is 169 Å². The normalized spacial score (nSPS) is 13.7. The summed E-state index contributed by atoms with van der Waals surface area (Å²) in [5.41, 5.74) is 0. The van der Waals surface area contributed by atoms with Gasteiger partial charge in [-0.1, -0.05) is 169 Å². The quantitative estimate of drug-likeness (QED) is 0.151. The highest BCUT2D eigenvalue weighted by atomic mass is 14.2. The molecule has 0 aromatic carbocycles. The summed E-state index contributed by atoms with van der Waals surface area (Å²) in [6.07, 6.45) is 32.2. The minimum absolute atomic E-state index is 1.00. The van der Waals surface area contributed by atoms with E-state index in [-0.39, 0.29) is 0 Å². The van der Waals surface area contributed by atoms with Gasteiger partial charge in [-0.15, -0.1) is 0 Å². The summed E-state index contributed by atoms with van der Waals surface area (Å²) in [5.74, 6) is 2.01. The highest BCUT2D eigenvalue weighted by Crippen LogP contribution is 2.30. The van der Waals surface area contributed by atoms with Crippen molar-refractivity contribution in [3.05, 3.63) is 0 Å². The number of rotatable bonds is 23. The SMILES string of the molecule is CCCCCCCCCCCC(CC)C(CC)CCCCCCCCCCC. The van der Waals surface area contributed by atoms with Crippen molar-refractivity contribution in [1.82, 2.24) is 0 Å². The zero-order chi connectivity index (χ0) is 20.7. The van der Waals surface area contributed by atoms with Crippen LogP contribution in [0.3, 0.4) is 0 Å². The third-order valence-corrected chi connectivity index (χ3v) is 7.07. The van der Waals surface area contributed by atoms with E-state index in [2.05, 4.69) is 27.7 Å². The molecular formula is C28H58.